The fourth-order valence-electron chi connectivity index (χ4n) is 4.00. The van der Waals surface area contributed by atoms with Crippen LogP contribution in [-0.4, -0.2) is 53.5 Å². The van der Waals surface area contributed by atoms with Gasteiger partial charge in [0.15, 0.2) is 5.69 Å². The van der Waals surface area contributed by atoms with Crippen molar-refractivity contribution in [3.8, 4) is 5.75 Å². The highest BCUT2D eigenvalue weighted by Crippen LogP contribution is 2.15. The minimum atomic E-state index is -0.216. The molecule has 2 aromatic carbocycles. The van der Waals surface area contributed by atoms with Gasteiger partial charge in [0.25, 0.3) is 5.91 Å². The molecular weight excluding hydrogens is 416 g/mol. The Morgan fingerprint density at radius 3 is 2.45 bits per heavy atom. The molecule has 0 aliphatic carbocycles. The maximum atomic E-state index is 12.4. The molecule has 0 bridgehead atoms. The number of ether oxygens (including phenoxy) is 1. The van der Waals surface area contributed by atoms with Gasteiger partial charge in [0.2, 0.25) is 5.89 Å². The lowest BCUT2D eigenvalue weighted by Crippen LogP contribution is -2.45. The second-order valence-electron chi connectivity index (χ2n) is 8.43. The summed E-state index contributed by atoms with van der Waals surface area (Å²) in [4.78, 5) is 21.6. The van der Waals surface area contributed by atoms with Crippen molar-refractivity contribution < 1.29 is 13.9 Å². The van der Waals surface area contributed by atoms with Gasteiger partial charge in [-0.3, -0.25) is 14.6 Å². The van der Waals surface area contributed by atoms with Crippen molar-refractivity contribution in [2.45, 2.75) is 33.5 Å². The highest BCUT2D eigenvalue weighted by atomic mass is 16.5. The Bertz CT molecular complexity index is 1040. The third-order valence-corrected chi connectivity index (χ3v) is 5.78. The summed E-state index contributed by atoms with van der Waals surface area (Å²) in [6.07, 6.45) is 1.45. The Morgan fingerprint density at radius 1 is 1.03 bits per heavy atom. The van der Waals surface area contributed by atoms with Crippen LogP contribution in [0.3, 0.4) is 0 Å². The number of aryl methyl sites for hydroxylation is 1. The number of oxazole rings is 1. The second-order valence-corrected chi connectivity index (χ2v) is 8.43. The van der Waals surface area contributed by atoms with Gasteiger partial charge in [-0.1, -0.05) is 42.0 Å². The van der Waals surface area contributed by atoms with Gasteiger partial charge in [-0.2, -0.15) is 0 Å². The van der Waals surface area contributed by atoms with Crippen LogP contribution in [0.5, 0.6) is 5.75 Å². The molecule has 2 heterocycles. The molecule has 0 spiro atoms. The van der Waals surface area contributed by atoms with Gasteiger partial charge >= 0.3 is 0 Å². The number of hydrogen-bond donors (Lipinski definition) is 1. The predicted octanol–water partition coefficient (Wildman–Crippen LogP) is 3.63. The quantitative estimate of drug-likeness (QED) is 0.539. The lowest BCUT2D eigenvalue weighted by molar-refractivity contribution is 0.0945. The Balaban J connectivity index is 1.21. The average Bonchev–Trinajstić information content (AvgIpc) is 3.29. The van der Waals surface area contributed by atoms with E-state index in [9.17, 15) is 4.79 Å². The van der Waals surface area contributed by atoms with Gasteiger partial charge in [0, 0.05) is 39.3 Å². The monoisotopic (exact) mass is 448 g/mol. The fourth-order valence-corrected chi connectivity index (χ4v) is 4.00. The summed E-state index contributed by atoms with van der Waals surface area (Å²) >= 11 is 0. The van der Waals surface area contributed by atoms with Crippen molar-refractivity contribution in [3.63, 3.8) is 0 Å². The van der Waals surface area contributed by atoms with E-state index in [2.05, 4.69) is 38.3 Å². The van der Waals surface area contributed by atoms with E-state index in [1.54, 1.807) is 0 Å². The van der Waals surface area contributed by atoms with Crippen molar-refractivity contribution >= 4 is 5.91 Å². The van der Waals surface area contributed by atoms with Crippen molar-refractivity contribution in [3.05, 3.63) is 83.1 Å². The minimum Gasteiger partial charge on any atom is -0.494 e. The van der Waals surface area contributed by atoms with Crippen LogP contribution in [0.15, 0.2) is 59.2 Å². The first-order chi connectivity index (χ1) is 16.1. The Hall–Kier alpha value is -3.16. The molecule has 1 N–H and O–H groups in total. The standard InChI is InChI=1S/C26H32N4O3/c1-3-32-23-9-7-21(8-10-23)17-29-11-13-30(14-12-29)18-25-28-24(19-33-25)26(31)27-16-22-6-4-5-20(2)15-22/h4-10,15,19H,3,11-14,16-18H2,1-2H3,(H,27,31). The van der Waals surface area contributed by atoms with Gasteiger partial charge in [-0.15, -0.1) is 0 Å². The molecule has 1 aliphatic heterocycles. The lowest BCUT2D eigenvalue weighted by Gasteiger charge is -2.34. The number of aromatic nitrogens is 1. The molecule has 174 valence electrons. The van der Waals surface area contributed by atoms with E-state index in [0.717, 1.165) is 44.0 Å². The molecule has 3 aromatic rings. The van der Waals surface area contributed by atoms with Crippen LogP contribution < -0.4 is 10.1 Å². The number of benzene rings is 2. The van der Waals surface area contributed by atoms with E-state index in [1.807, 2.05) is 44.2 Å². The lowest BCUT2D eigenvalue weighted by atomic mass is 10.1. The minimum absolute atomic E-state index is 0.216. The fraction of sp³-hybridized carbons (Fsp3) is 0.385. The molecular formula is C26H32N4O3. The summed E-state index contributed by atoms with van der Waals surface area (Å²) in [5.74, 6) is 1.28. The summed E-state index contributed by atoms with van der Waals surface area (Å²) in [7, 11) is 0. The Labute approximate surface area is 195 Å². The van der Waals surface area contributed by atoms with E-state index >= 15 is 0 Å². The first-order valence-corrected chi connectivity index (χ1v) is 11.5. The number of amides is 1. The second kappa shape index (κ2) is 11.1. The van der Waals surface area contributed by atoms with Crippen molar-refractivity contribution in [1.29, 1.82) is 0 Å². The molecule has 7 nitrogen and oxygen atoms in total. The number of rotatable bonds is 9. The highest BCUT2D eigenvalue weighted by molar-refractivity contribution is 5.91. The number of carbonyl (C=O) groups excluding carboxylic acids is 1. The van der Waals surface area contributed by atoms with E-state index in [1.165, 1.54) is 17.4 Å². The van der Waals surface area contributed by atoms with Crippen molar-refractivity contribution in [2.24, 2.45) is 0 Å². The molecule has 1 amide bonds. The van der Waals surface area contributed by atoms with Crippen molar-refractivity contribution in [2.75, 3.05) is 32.8 Å². The number of nitrogens with one attached hydrogen (secondary N) is 1. The zero-order valence-electron chi connectivity index (χ0n) is 19.4. The molecule has 0 unspecified atom stereocenters. The summed E-state index contributed by atoms with van der Waals surface area (Å²) in [6.45, 7) is 10.6. The SMILES string of the molecule is CCOc1ccc(CN2CCN(Cc3nc(C(=O)NCc4cccc(C)c4)co3)CC2)cc1. The molecule has 0 atom stereocenters. The molecule has 4 rings (SSSR count). The van der Waals surface area contributed by atoms with E-state index < -0.39 is 0 Å². The van der Waals surface area contributed by atoms with Crippen LogP contribution in [-0.2, 0) is 19.6 Å². The van der Waals surface area contributed by atoms with Crippen LogP contribution >= 0.6 is 0 Å². The van der Waals surface area contributed by atoms with Crippen LogP contribution in [0.25, 0.3) is 0 Å². The van der Waals surface area contributed by atoms with Crippen LogP contribution in [0, 0.1) is 6.92 Å². The topological polar surface area (TPSA) is 70.8 Å². The largest absolute Gasteiger partial charge is 0.494 e. The maximum Gasteiger partial charge on any atom is 0.273 e. The first kappa shape index (κ1) is 23.0. The first-order valence-electron chi connectivity index (χ1n) is 11.5. The highest BCUT2D eigenvalue weighted by Gasteiger charge is 2.20. The number of carbonyl (C=O) groups is 1. The maximum absolute atomic E-state index is 12.4. The smallest absolute Gasteiger partial charge is 0.273 e. The predicted molar refractivity (Wildman–Crippen MR) is 127 cm³/mol. The zero-order valence-corrected chi connectivity index (χ0v) is 19.4. The van der Waals surface area contributed by atoms with Gasteiger partial charge in [0.1, 0.15) is 12.0 Å². The molecule has 0 radical (unpaired) electrons. The van der Waals surface area contributed by atoms with E-state index in [4.69, 9.17) is 9.15 Å². The summed E-state index contributed by atoms with van der Waals surface area (Å²) < 4.78 is 11.1. The van der Waals surface area contributed by atoms with E-state index in [-0.39, 0.29) is 5.91 Å². The van der Waals surface area contributed by atoms with Gasteiger partial charge in [-0.25, -0.2) is 4.98 Å². The van der Waals surface area contributed by atoms with Gasteiger partial charge in [-0.05, 0) is 37.1 Å². The van der Waals surface area contributed by atoms with Gasteiger partial charge < -0.3 is 14.5 Å². The zero-order chi connectivity index (χ0) is 23.0. The molecule has 1 saturated heterocycles. The average molecular weight is 449 g/mol. The molecule has 7 heteroatoms. The van der Waals surface area contributed by atoms with Crippen molar-refractivity contribution in [1.82, 2.24) is 20.1 Å². The third-order valence-electron chi connectivity index (χ3n) is 5.78. The van der Waals surface area contributed by atoms with E-state index in [0.29, 0.717) is 31.3 Å². The summed E-state index contributed by atoms with van der Waals surface area (Å²) in [6, 6.07) is 16.4. The Morgan fingerprint density at radius 2 is 1.76 bits per heavy atom. The molecule has 1 aromatic heterocycles. The van der Waals surface area contributed by atoms with Crippen LogP contribution in [0.4, 0.5) is 0 Å². The number of nitrogens with zero attached hydrogens (tertiary/aromatic N) is 3. The number of hydrogen-bond acceptors (Lipinski definition) is 6. The summed E-state index contributed by atoms with van der Waals surface area (Å²) in [5, 5.41) is 2.91. The van der Waals surface area contributed by atoms with Crippen LogP contribution in [0.1, 0.15) is 40.0 Å². The summed E-state index contributed by atoms with van der Waals surface area (Å²) in [5.41, 5.74) is 3.85. The normalized spacial score (nSPS) is 14.8. The molecule has 1 fully saturated rings. The molecule has 0 saturated carbocycles. The Kier molecular flexibility index (Phi) is 7.75. The molecule has 33 heavy (non-hydrogen) atoms. The van der Waals surface area contributed by atoms with Crippen LogP contribution in [0.2, 0.25) is 0 Å². The van der Waals surface area contributed by atoms with Gasteiger partial charge in [0.05, 0.1) is 13.2 Å². The molecule has 1 aliphatic rings. The third kappa shape index (κ3) is 6.66. The number of piperazine rings is 1.